The van der Waals surface area contributed by atoms with E-state index in [4.69, 9.17) is 14.6 Å². The molecule has 29 heavy (non-hydrogen) atoms. The number of carbonyl (C=O) groups is 2. The van der Waals surface area contributed by atoms with E-state index in [1.165, 1.54) is 7.11 Å². The first-order valence-electron chi connectivity index (χ1n) is 8.48. The minimum Gasteiger partial charge on any atom is -0.496 e. The molecule has 0 unspecified atom stereocenters. The Labute approximate surface area is 165 Å². The highest BCUT2D eigenvalue weighted by Gasteiger charge is 2.17. The second-order valence-electron chi connectivity index (χ2n) is 5.86. The van der Waals surface area contributed by atoms with E-state index in [0.29, 0.717) is 17.2 Å². The lowest BCUT2D eigenvalue weighted by Gasteiger charge is -2.12. The Morgan fingerprint density at radius 1 is 0.931 bits per heavy atom. The molecular formula is C21H17FN2O5. The fraction of sp³-hybridized carbons (Fsp3) is 0.0476. The molecule has 3 aromatic carbocycles. The largest absolute Gasteiger partial charge is 0.496 e. The zero-order chi connectivity index (χ0) is 20.8. The van der Waals surface area contributed by atoms with Crippen LogP contribution >= 0.6 is 0 Å². The Bertz CT molecular complexity index is 1020. The third kappa shape index (κ3) is 5.01. The second kappa shape index (κ2) is 8.75. The maximum Gasteiger partial charge on any atom is 0.339 e. The predicted octanol–water partition coefficient (Wildman–Crippen LogP) is 4.97. The van der Waals surface area contributed by atoms with E-state index in [-0.39, 0.29) is 17.0 Å². The van der Waals surface area contributed by atoms with Crippen molar-refractivity contribution in [2.75, 3.05) is 17.7 Å². The molecule has 3 aromatic rings. The maximum atomic E-state index is 14.1. The Hall–Kier alpha value is -4.07. The van der Waals surface area contributed by atoms with Crippen molar-refractivity contribution in [2.24, 2.45) is 0 Å². The number of aromatic carboxylic acids is 1. The molecule has 7 nitrogen and oxygen atoms in total. The van der Waals surface area contributed by atoms with Gasteiger partial charge in [0.25, 0.3) is 0 Å². The first-order chi connectivity index (χ1) is 14.0. The summed E-state index contributed by atoms with van der Waals surface area (Å²) in [6.45, 7) is 0. The molecule has 0 saturated carbocycles. The standard InChI is InChI=1S/C21H17FN2O5/c1-28-19-12-18(17(22)11-16(19)20(25)26)24-21(27)23-13-7-9-15(10-8-13)29-14-5-3-2-4-6-14/h2-12H,1H3,(H,25,26)(H2,23,24,27). The van der Waals surface area contributed by atoms with Crippen LogP contribution in [0.2, 0.25) is 0 Å². The fourth-order valence-electron chi connectivity index (χ4n) is 2.50. The number of urea groups is 1. The molecule has 0 heterocycles. The molecule has 0 aliphatic heterocycles. The monoisotopic (exact) mass is 396 g/mol. The predicted molar refractivity (Wildman–Crippen MR) is 106 cm³/mol. The number of carboxylic acid groups (broad SMARTS) is 1. The van der Waals surface area contributed by atoms with Gasteiger partial charge in [-0.2, -0.15) is 0 Å². The Morgan fingerprint density at radius 3 is 2.21 bits per heavy atom. The summed E-state index contributed by atoms with van der Waals surface area (Å²) in [5.74, 6) is -1.04. The number of hydrogen-bond donors (Lipinski definition) is 3. The third-order valence-corrected chi connectivity index (χ3v) is 3.86. The molecule has 3 N–H and O–H groups in total. The van der Waals surface area contributed by atoms with Crippen LogP contribution in [0.1, 0.15) is 10.4 Å². The van der Waals surface area contributed by atoms with Crippen molar-refractivity contribution >= 4 is 23.4 Å². The van der Waals surface area contributed by atoms with Gasteiger partial charge in [0.1, 0.15) is 28.6 Å². The van der Waals surface area contributed by atoms with E-state index in [9.17, 15) is 14.0 Å². The SMILES string of the molecule is COc1cc(NC(=O)Nc2ccc(Oc3ccccc3)cc2)c(F)cc1C(=O)O. The summed E-state index contributed by atoms with van der Waals surface area (Å²) in [7, 11) is 1.25. The lowest BCUT2D eigenvalue weighted by molar-refractivity contribution is 0.0692. The van der Waals surface area contributed by atoms with E-state index in [1.807, 2.05) is 30.3 Å². The zero-order valence-corrected chi connectivity index (χ0v) is 15.3. The molecule has 0 aliphatic carbocycles. The molecule has 0 spiro atoms. The molecule has 0 saturated heterocycles. The average Bonchev–Trinajstić information content (AvgIpc) is 2.71. The number of para-hydroxylation sites is 1. The highest BCUT2D eigenvalue weighted by Crippen LogP contribution is 2.27. The van der Waals surface area contributed by atoms with Gasteiger partial charge in [-0.05, 0) is 42.5 Å². The van der Waals surface area contributed by atoms with Crippen molar-refractivity contribution in [3.63, 3.8) is 0 Å². The normalized spacial score (nSPS) is 10.1. The number of anilines is 2. The summed E-state index contributed by atoms with van der Waals surface area (Å²) < 4.78 is 24.7. The summed E-state index contributed by atoms with van der Waals surface area (Å²) in [4.78, 5) is 23.2. The lowest BCUT2D eigenvalue weighted by atomic mass is 10.1. The molecule has 2 amide bonds. The fourth-order valence-corrected chi connectivity index (χ4v) is 2.50. The van der Waals surface area contributed by atoms with Gasteiger partial charge in [-0.25, -0.2) is 14.0 Å². The van der Waals surface area contributed by atoms with Gasteiger partial charge in [0.2, 0.25) is 0 Å². The van der Waals surface area contributed by atoms with Gasteiger partial charge in [0, 0.05) is 11.8 Å². The molecule has 0 atom stereocenters. The van der Waals surface area contributed by atoms with Crippen molar-refractivity contribution in [2.45, 2.75) is 0 Å². The van der Waals surface area contributed by atoms with Gasteiger partial charge in [-0.1, -0.05) is 18.2 Å². The Kier molecular flexibility index (Phi) is 5.94. The van der Waals surface area contributed by atoms with Gasteiger partial charge in [0.15, 0.2) is 0 Å². The van der Waals surface area contributed by atoms with Crippen molar-refractivity contribution < 1.29 is 28.6 Å². The zero-order valence-electron chi connectivity index (χ0n) is 15.3. The molecular weight excluding hydrogens is 379 g/mol. The number of carboxylic acids is 1. The van der Waals surface area contributed by atoms with E-state index >= 15 is 0 Å². The summed E-state index contributed by atoms with van der Waals surface area (Å²) in [5.41, 5.74) is -0.101. The van der Waals surface area contributed by atoms with E-state index in [2.05, 4.69) is 10.6 Å². The van der Waals surface area contributed by atoms with E-state index in [1.54, 1.807) is 24.3 Å². The molecule has 0 aliphatic rings. The number of ether oxygens (including phenoxy) is 2. The molecule has 148 valence electrons. The average molecular weight is 396 g/mol. The first-order valence-corrected chi connectivity index (χ1v) is 8.48. The van der Waals surface area contributed by atoms with Crippen molar-refractivity contribution in [3.8, 4) is 17.2 Å². The van der Waals surface area contributed by atoms with Gasteiger partial charge in [-0.15, -0.1) is 0 Å². The Morgan fingerprint density at radius 2 is 1.59 bits per heavy atom. The number of halogens is 1. The van der Waals surface area contributed by atoms with Gasteiger partial charge < -0.3 is 25.2 Å². The van der Waals surface area contributed by atoms with Crippen LogP contribution in [0.5, 0.6) is 17.2 Å². The van der Waals surface area contributed by atoms with E-state index in [0.717, 1.165) is 12.1 Å². The van der Waals surface area contributed by atoms with Crippen LogP contribution in [-0.4, -0.2) is 24.2 Å². The molecule has 0 fully saturated rings. The molecule has 8 heteroatoms. The topological polar surface area (TPSA) is 96.9 Å². The summed E-state index contributed by atoms with van der Waals surface area (Å²) >= 11 is 0. The van der Waals surface area contributed by atoms with Crippen LogP contribution in [0.3, 0.4) is 0 Å². The number of benzene rings is 3. The maximum absolute atomic E-state index is 14.1. The number of hydrogen-bond acceptors (Lipinski definition) is 4. The van der Waals surface area contributed by atoms with Gasteiger partial charge >= 0.3 is 12.0 Å². The lowest BCUT2D eigenvalue weighted by Crippen LogP contribution is -2.20. The van der Waals surface area contributed by atoms with Crippen LogP contribution in [0.4, 0.5) is 20.6 Å². The van der Waals surface area contributed by atoms with Crippen molar-refractivity contribution in [1.29, 1.82) is 0 Å². The number of carbonyl (C=O) groups excluding carboxylic acids is 1. The van der Waals surface area contributed by atoms with Gasteiger partial charge in [0.05, 0.1) is 12.8 Å². The quantitative estimate of drug-likeness (QED) is 0.547. The summed E-state index contributed by atoms with van der Waals surface area (Å²) in [6, 6.07) is 17.0. The van der Waals surface area contributed by atoms with E-state index < -0.39 is 17.8 Å². The molecule has 0 bridgehead atoms. The van der Waals surface area contributed by atoms with Crippen LogP contribution in [0, 0.1) is 5.82 Å². The first kappa shape index (κ1) is 19.7. The van der Waals surface area contributed by atoms with Crippen LogP contribution in [-0.2, 0) is 0 Å². The number of amides is 2. The highest BCUT2D eigenvalue weighted by atomic mass is 19.1. The minimum atomic E-state index is -1.34. The van der Waals surface area contributed by atoms with Crippen LogP contribution in [0.25, 0.3) is 0 Å². The van der Waals surface area contributed by atoms with Crippen molar-refractivity contribution in [3.05, 3.63) is 78.1 Å². The third-order valence-electron chi connectivity index (χ3n) is 3.86. The highest BCUT2D eigenvalue weighted by molar-refractivity contribution is 6.00. The number of rotatable bonds is 6. The van der Waals surface area contributed by atoms with Crippen LogP contribution < -0.4 is 20.1 Å². The Balaban J connectivity index is 1.65. The van der Waals surface area contributed by atoms with Crippen molar-refractivity contribution in [1.82, 2.24) is 0 Å². The second-order valence-corrected chi connectivity index (χ2v) is 5.86. The van der Waals surface area contributed by atoms with Crippen LogP contribution in [0.15, 0.2) is 66.7 Å². The molecule has 3 rings (SSSR count). The minimum absolute atomic E-state index is 0.0726. The summed E-state index contributed by atoms with van der Waals surface area (Å²) in [5, 5.41) is 13.9. The van der Waals surface area contributed by atoms with Gasteiger partial charge in [-0.3, -0.25) is 0 Å². The summed E-state index contributed by atoms with van der Waals surface area (Å²) in [6.07, 6.45) is 0. The molecule has 0 aromatic heterocycles. The number of methoxy groups -OCH3 is 1. The smallest absolute Gasteiger partial charge is 0.339 e. The number of nitrogens with one attached hydrogen (secondary N) is 2. The molecule has 0 radical (unpaired) electrons.